The van der Waals surface area contributed by atoms with Crippen molar-refractivity contribution in [3.05, 3.63) is 70.5 Å². The number of carbonyl (C=O) groups is 2. The molecule has 1 aliphatic heterocycles. The van der Waals surface area contributed by atoms with Crippen LogP contribution in [0.25, 0.3) is 0 Å². The Bertz CT molecular complexity index is 866. The average molecular weight is 387 g/mol. The van der Waals surface area contributed by atoms with Crippen molar-refractivity contribution < 1.29 is 14.0 Å². The van der Waals surface area contributed by atoms with E-state index < -0.39 is 5.82 Å². The lowest BCUT2D eigenvalue weighted by Crippen LogP contribution is -2.51. The van der Waals surface area contributed by atoms with Crippen molar-refractivity contribution in [2.45, 2.75) is 12.3 Å². The highest BCUT2D eigenvalue weighted by Gasteiger charge is 2.46. The molecule has 1 saturated heterocycles. The molecule has 1 aliphatic carbocycles. The smallest absolute Gasteiger partial charge is 0.255 e. The van der Waals surface area contributed by atoms with Crippen molar-refractivity contribution in [3.63, 3.8) is 0 Å². The van der Waals surface area contributed by atoms with Gasteiger partial charge in [-0.25, -0.2) is 4.39 Å². The number of carbonyl (C=O) groups excluding carboxylic acids is 2. The molecule has 0 aromatic heterocycles. The van der Waals surface area contributed by atoms with Crippen LogP contribution < -0.4 is 0 Å². The van der Waals surface area contributed by atoms with Gasteiger partial charge in [0.1, 0.15) is 5.82 Å². The molecule has 0 spiro atoms. The Labute approximate surface area is 162 Å². The number of halogens is 2. The molecular weight excluding hydrogens is 367 g/mol. The number of amides is 2. The maximum atomic E-state index is 13.2. The van der Waals surface area contributed by atoms with Gasteiger partial charge >= 0.3 is 0 Å². The standard InChI is InChI=1S/C21H20ClFN2O2/c22-19-12-15(23)6-7-16(19)20(26)24-8-10-25(11-9-24)21(27)18-13-17(18)14-4-2-1-3-5-14/h1-7,12,17-18H,8-11,13H2. The van der Waals surface area contributed by atoms with Gasteiger partial charge in [0.25, 0.3) is 5.91 Å². The lowest BCUT2D eigenvalue weighted by atomic mass is 10.1. The van der Waals surface area contributed by atoms with Gasteiger partial charge in [-0.3, -0.25) is 9.59 Å². The molecule has 0 N–H and O–H groups in total. The number of nitrogens with zero attached hydrogens (tertiary/aromatic N) is 2. The lowest BCUT2D eigenvalue weighted by Gasteiger charge is -2.35. The van der Waals surface area contributed by atoms with E-state index in [1.54, 1.807) is 4.90 Å². The first-order valence-corrected chi connectivity index (χ1v) is 9.50. The molecular formula is C21H20ClFN2O2. The Morgan fingerprint density at radius 2 is 1.63 bits per heavy atom. The first kappa shape index (κ1) is 18.0. The molecule has 1 heterocycles. The zero-order chi connectivity index (χ0) is 19.0. The van der Waals surface area contributed by atoms with Crippen molar-refractivity contribution in [2.24, 2.45) is 5.92 Å². The predicted molar refractivity (Wildman–Crippen MR) is 101 cm³/mol. The molecule has 2 aromatic rings. The summed E-state index contributed by atoms with van der Waals surface area (Å²) in [4.78, 5) is 28.9. The van der Waals surface area contributed by atoms with Crippen LogP contribution in [0.1, 0.15) is 28.3 Å². The fraction of sp³-hybridized carbons (Fsp3) is 0.333. The fourth-order valence-electron chi connectivity index (χ4n) is 3.73. The van der Waals surface area contributed by atoms with E-state index in [2.05, 4.69) is 12.1 Å². The monoisotopic (exact) mass is 386 g/mol. The highest BCUT2D eigenvalue weighted by Crippen LogP contribution is 2.48. The molecule has 2 aromatic carbocycles. The predicted octanol–water partition coefficient (Wildman–Crippen LogP) is 3.57. The highest BCUT2D eigenvalue weighted by atomic mass is 35.5. The van der Waals surface area contributed by atoms with Gasteiger partial charge in [-0.05, 0) is 36.1 Å². The molecule has 1 saturated carbocycles. The van der Waals surface area contributed by atoms with Crippen LogP contribution in [0, 0.1) is 11.7 Å². The molecule has 2 fully saturated rings. The number of piperazine rings is 1. The number of hydrogen-bond donors (Lipinski definition) is 0. The van der Waals surface area contributed by atoms with Gasteiger partial charge < -0.3 is 9.80 Å². The first-order chi connectivity index (χ1) is 13.0. The molecule has 6 heteroatoms. The van der Waals surface area contributed by atoms with E-state index in [1.807, 2.05) is 23.1 Å². The molecule has 0 bridgehead atoms. The molecule has 4 nitrogen and oxygen atoms in total. The summed E-state index contributed by atoms with van der Waals surface area (Å²) in [6.45, 7) is 1.95. The van der Waals surface area contributed by atoms with Gasteiger partial charge in [0, 0.05) is 32.1 Å². The molecule has 140 valence electrons. The van der Waals surface area contributed by atoms with E-state index in [0.717, 1.165) is 12.5 Å². The Morgan fingerprint density at radius 3 is 2.30 bits per heavy atom. The van der Waals surface area contributed by atoms with E-state index in [9.17, 15) is 14.0 Å². The largest absolute Gasteiger partial charge is 0.339 e. The molecule has 2 atom stereocenters. The molecule has 2 aliphatic rings. The van der Waals surface area contributed by atoms with Gasteiger partial charge in [0.05, 0.1) is 10.6 Å². The van der Waals surface area contributed by atoms with Crippen LogP contribution >= 0.6 is 11.6 Å². The second kappa shape index (κ2) is 7.31. The van der Waals surface area contributed by atoms with Crippen LogP contribution in [0.5, 0.6) is 0 Å². The second-order valence-electron chi connectivity index (χ2n) is 7.10. The summed E-state index contributed by atoms with van der Waals surface area (Å²) in [5.74, 6) is -0.140. The summed E-state index contributed by atoms with van der Waals surface area (Å²) in [5, 5.41) is 0.113. The third-order valence-electron chi connectivity index (χ3n) is 5.38. The topological polar surface area (TPSA) is 40.6 Å². The zero-order valence-electron chi connectivity index (χ0n) is 14.8. The summed E-state index contributed by atoms with van der Waals surface area (Å²) in [6.07, 6.45) is 0.896. The summed E-state index contributed by atoms with van der Waals surface area (Å²) in [7, 11) is 0. The van der Waals surface area contributed by atoms with Crippen molar-refractivity contribution in [1.29, 1.82) is 0 Å². The quantitative estimate of drug-likeness (QED) is 0.809. The van der Waals surface area contributed by atoms with Crippen molar-refractivity contribution in [1.82, 2.24) is 9.80 Å². The Hall–Kier alpha value is -2.40. The zero-order valence-corrected chi connectivity index (χ0v) is 15.5. The minimum atomic E-state index is -0.468. The third kappa shape index (κ3) is 3.69. The first-order valence-electron chi connectivity index (χ1n) is 9.12. The number of benzene rings is 2. The van der Waals surface area contributed by atoms with Crippen LogP contribution in [0.3, 0.4) is 0 Å². The normalized spacial score (nSPS) is 21.9. The van der Waals surface area contributed by atoms with Gasteiger partial charge in [-0.2, -0.15) is 0 Å². The maximum Gasteiger partial charge on any atom is 0.255 e. The lowest BCUT2D eigenvalue weighted by molar-refractivity contribution is -0.134. The van der Waals surface area contributed by atoms with Crippen LogP contribution in [-0.2, 0) is 4.79 Å². The van der Waals surface area contributed by atoms with E-state index in [-0.39, 0.29) is 22.8 Å². The Balaban J connectivity index is 1.34. The minimum Gasteiger partial charge on any atom is -0.339 e. The molecule has 2 unspecified atom stereocenters. The average Bonchev–Trinajstić information content (AvgIpc) is 3.49. The fourth-order valence-corrected chi connectivity index (χ4v) is 3.98. The molecule has 27 heavy (non-hydrogen) atoms. The molecule has 2 amide bonds. The van der Waals surface area contributed by atoms with Crippen LogP contribution in [-0.4, -0.2) is 47.8 Å². The SMILES string of the molecule is O=C(c1ccc(F)cc1Cl)N1CCN(C(=O)C2CC2c2ccccc2)CC1. The van der Waals surface area contributed by atoms with Crippen LogP contribution in [0.15, 0.2) is 48.5 Å². The van der Waals surface area contributed by atoms with E-state index in [1.165, 1.54) is 17.7 Å². The summed E-state index contributed by atoms with van der Waals surface area (Å²) < 4.78 is 13.2. The number of rotatable bonds is 3. The highest BCUT2D eigenvalue weighted by molar-refractivity contribution is 6.33. The van der Waals surface area contributed by atoms with E-state index in [4.69, 9.17) is 11.6 Å². The second-order valence-corrected chi connectivity index (χ2v) is 7.51. The van der Waals surface area contributed by atoms with Gasteiger partial charge in [0.15, 0.2) is 0 Å². The molecule has 0 radical (unpaired) electrons. The Kier molecular flexibility index (Phi) is 4.87. The third-order valence-corrected chi connectivity index (χ3v) is 5.69. The van der Waals surface area contributed by atoms with Crippen molar-refractivity contribution in [2.75, 3.05) is 26.2 Å². The summed E-state index contributed by atoms with van der Waals surface area (Å²) in [6, 6.07) is 13.9. The van der Waals surface area contributed by atoms with Crippen molar-refractivity contribution in [3.8, 4) is 0 Å². The van der Waals surface area contributed by atoms with Gasteiger partial charge in [-0.15, -0.1) is 0 Å². The van der Waals surface area contributed by atoms with Crippen molar-refractivity contribution >= 4 is 23.4 Å². The van der Waals surface area contributed by atoms with Crippen LogP contribution in [0.2, 0.25) is 5.02 Å². The van der Waals surface area contributed by atoms with E-state index in [0.29, 0.717) is 37.7 Å². The van der Waals surface area contributed by atoms with Crippen LogP contribution in [0.4, 0.5) is 4.39 Å². The molecule has 4 rings (SSSR count). The van der Waals surface area contributed by atoms with Gasteiger partial charge in [-0.1, -0.05) is 41.9 Å². The minimum absolute atomic E-state index is 0.0567. The Morgan fingerprint density at radius 1 is 0.963 bits per heavy atom. The number of hydrogen-bond acceptors (Lipinski definition) is 2. The maximum absolute atomic E-state index is 13.2. The van der Waals surface area contributed by atoms with E-state index >= 15 is 0 Å². The summed E-state index contributed by atoms with van der Waals surface area (Å²) in [5.41, 5.74) is 1.51. The summed E-state index contributed by atoms with van der Waals surface area (Å²) >= 11 is 5.99. The van der Waals surface area contributed by atoms with Gasteiger partial charge in [0.2, 0.25) is 5.91 Å².